The predicted octanol–water partition coefficient (Wildman–Crippen LogP) is 7.99. The van der Waals surface area contributed by atoms with Crippen LogP contribution in [0.4, 0.5) is 17.6 Å². The van der Waals surface area contributed by atoms with Gasteiger partial charge in [-0.3, -0.25) is 0 Å². The summed E-state index contributed by atoms with van der Waals surface area (Å²) in [5, 5.41) is 1.23. The number of hydrogen-bond acceptors (Lipinski definition) is 1. The van der Waals surface area contributed by atoms with E-state index in [1.807, 2.05) is 12.1 Å². The number of unbranched alkanes of at least 4 members (excludes halogenated alkanes) is 1. The van der Waals surface area contributed by atoms with Crippen LogP contribution in [-0.2, 0) is 12.6 Å². The van der Waals surface area contributed by atoms with E-state index >= 15 is 0 Å². The third-order valence-corrected chi connectivity index (χ3v) is 7.34. The monoisotopic (exact) mass is 494 g/mol. The van der Waals surface area contributed by atoms with Gasteiger partial charge in [-0.15, -0.1) is 0 Å². The van der Waals surface area contributed by atoms with Crippen molar-refractivity contribution >= 4 is 10.9 Å². The molecule has 0 radical (unpaired) electrons. The minimum absolute atomic E-state index is 0.196. The van der Waals surface area contributed by atoms with Gasteiger partial charge in [0.1, 0.15) is 5.82 Å². The minimum Gasteiger partial charge on any atom is -0.316 e. The number of likely N-dealkylation sites (tertiary alicyclic amines) is 1. The molecule has 5 rings (SSSR count). The molecule has 0 atom stereocenters. The summed E-state index contributed by atoms with van der Waals surface area (Å²) < 4.78 is 54.7. The first-order valence-electron chi connectivity index (χ1n) is 12.6. The molecule has 1 fully saturated rings. The number of fused-ring (bicyclic) bond motifs is 1. The maximum absolute atomic E-state index is 13.4. The summed E-state index contributed by atoms with van der Waals surface area (Å²) in [5.74, 6) is -0.0459. The summed E-state index contributed by atoms with van der Waals surface area (Å²) >= 11 is 0. The Kier molecular flexibility index (Phi) is 7.15. The van der Waals surface area contributed by atoms with Crippen LogP contribution < -0.4 is 0 Å². The SMILES string of the molecule is Fc1ccc(-n2cc(CCCCN3CCC(c4cccc(C(F)(F)F)c4)CC3)c3ccccc32)cc1. The summed E-state index contributed by atoms with van der Waals surface area (Å²) in [5.41, 5.74) is 3.61. The van der Waals surface area contributed by atoms with Crippen LogP contribution >= 0.6 is 0 Å². The van der Waals surface area contributed by atoms with Crippen LogP contribution in [0.5, 0.6) is 0 Å². The molecule has 188 valence electrons. The van der Waals surface area contributed by atoms with Crippen molar-refractivity contribution in [3.05, 3.63) is 102 Å². The van der Waals surface area contributed by atoms with E-state index in [0.29, 0.717) is 0 Å². The van der Waals surface area contributed by atoms with Crippen LogP contribution in [0.15, 0.2) is 79.0 Å². The molecule has 6 heteroatoms. The molecule has 0 spiro atoms. The average molecular weight is 495 g/mol. The molecule has 0 saturated carbocycles. The molecular formula is C30H30F4N2. The molecule has 1 aromatic heterocycles. The van der Waals surface area contributed by atoms with Crippen molar-refractivity contribution in [2.75, 3.05) is 19.6 Å². The number of alkyl halides is 3. The van der Waals surface area contributed by atoms with Gasteiger partial charge in [-0.05, 0) is 105 Å². The molecule has 36 heavy (non-hydrogen) atoms. The van der Waals surface area contributed by atoms with Gasteiger partial charge >= 0.3 is 6.18 Å². The fourth-order valence-corrected chi connectivity index (χ4v) is 5.37. The number of aromatic nitrogens is 1. The Hall–Kier alpha value is -3.12. The number of nitrogens with zero attached hydrogens (tertiary/aromatic N) is 2. The van der Waals surface area contributed by atoms with E-state index in [9.17, 15) is 17.6 Å². The van der Waals surface area contributed by atoms with Gasteiger partial charge in [0.15, 0.2) is 0 Å². The summed E-state index contributed by atoms with van der Waals surface area (Å²) in [4.78, 5) is 2.44. The highest BCUT2D eigenvalue weighted by atomic mass is 19.4. The number of rotatable bonds is 7. The standard InChI is InChI=1S/C30H30F4N2/c31-26-11-13-27(14-12-26)36-21-24(28-9-1-2-10-29(28)36)6-3-4-17-35-18-15-22(16-19-35)23-7-5-8-25(20-23)30(32,33)34/h1-2,5,7-14,20-22H,3-4,6,15-19H2. The van der Waals surface area contributed by atoms with Crippen LogP contribution in [0.1, 0.15) is 48.3 Å². The van der Waals surface area contributed by atoms with E-state index in [2.05, 4.69) is 33.9 Å². The average Bonchev–Trinajstić information content (AvgIpc) is 3.26. The molecule has 1 aliphatic rings. The lowest BCUT2D eigenvalue weighted by Gasteiger charge is -2.32. The zero-order valence-electron chi connectivity index (χ0n) is 20.1. The van der Waals surface area contributed by atoms with Gasteiger partial charge < -0.3 is 9.47 Å². The molecule has 0 bridgehead atoms. The Morgan fingerprint density at radius 1 is 0.833 bits per heavy atom. The summed E-state index contributed by atoms with van der Waals surface area (Å²) in [6, 6.07) is 20.7. The van der Waals surface area contributed by atoms with E-state index in [1.54, 1.807) is 12.1 Å². The van der Waals surface area contributed by atoms with Gasteiger partial charge in [0.25, 0.3) is 0 Å². The Balaban J connectivity index is 1.14. The Bertz CT molecular complexity index is 1300. The number of para-hydroxylation sites is 1. The lowest BCUT2D eigenvalue weighted by atomic mass is 9.88. The third-order valence-electron chi connectivity index (χ3n) is 7.34. The zero-order valence-corrected chi connectivity index (χ0v) is 20.1. The van der Waals surface area contributed by atoms with Gasteiger partial charge in [-0.25, -0.2) is 4.39 Å². The topological polar surface area (TPSA) is 8.17 Å². The molecule has 4 aromatic rings. The highest BCUT2D eigenvalue weighted by Gasteiger charge is 2.31. The molecule has 0 N–H and O–H groups in total. The number of piperidine rings is 1. The van der Waals surface area contributed by atoms with Gasteiger partial charge in [-0.2, -0.15) is 13.2 Å². The van der Waals surface area contributed by atoms with Crippen LogP contribution in [0.2, 0.25) is 0 Å². The number of benzene rings is 3. The Morgan fingerprint density at radius 3 is 2.33 bits per heavy atom. The lowest BCUT2D eigenvalue weighted by molar-refractivity contribution is -0.137. The molecule has 2 nitrogen and oxygen atoms in total. The second-order valence-electron chi connectivity index (χ2n) is 9.71. The van der Waals surface area contributed by atoms with Crippen molar-refractivity contribution in [3.8, 4) is 5.69 Å². The van der Waals surface area contributed by atoms with Gasteiger partial charge in [0.2, 0.25) is 0 Å². The van der Waals surface area contributed by atoms with E-state index in [0.717, 1.165) is 74.6 Å². The third kappa shape index (κ3) is 5.49. The number of hydrogen-bond donors (Lipinski definition) is 0. The molecule has 1 aliphatic heterocycles. The Labute approximate surface area is 209 Å². The van der Waals surface area contributed by atoms with E-state index in [1.165, 1.54) is 35.2 Å². The molecular weight excluding hydrogens is 464 g/mol. The largest absolute Gasteiger partial charge is 0.416 e. The first-order chi connectivity index (χ1) is 17.4. The fraction of sp³-hybridized carbons (Fsp3) is 0.333. The van der Waals surface area contributed by atoms with Gasteiger partial charge in [0.05, 0.1) is 11.1 Å². The summed E-state index contributed by atoms with van der Waals surface area (Å²) in [6.45, 7) is 2.85. The van der Waals surface area contributed by atoms with Crippen LogP contribution in [0.25, 0.3) is 16.6 Å². The van der Waals surface area contributed by atoms with Gasteiger partial charge in [0, 0.05) is 17.3 Å². The van der Waals surface area contributed by atoms with Crippen molar-refractivity contribution in [1.29, 1.82) is 0 Å². The van der Waals surface area contributed by atoms with Crippen LogP contribution in [0.3, 0.4) is 0 Å². The fourth-order valence-electron chi connectivity index (χ4n) is 5.37. The predicted molar refractivity (Wildman–Crippen MR) is 136 cm³/mol. The smallest absolute Gasteiger partial charge is 0.316 e. The second kappa shape index (κ2) is 10.5. The maximum Gasteiger partial charge on any atom is 0.416 e. The van der Waals surface area contributed by atoms with E-state index in [4.69, 9.17) is 0 Å². The molecule has 2 heterocycles. The second-order valence-corrected chi connectivity index (χ2v) is 9.71. The molecule has 0 unspecified atom stereocenters. The normalized spacial score (nSPS) is 15.6. The van der Waals surface area contributed by atoms with Crippen molar-refractivity contribution in [1.82, 2.24) is 9.47 Å². The van der Waals surface area contributed by atoms with Crippen molar-refractivity contribution < 1.29 is 17.6 Å². The zero-order chi connectivity index (χ0) is 25.1. The first kappa shape index (κ1) is 24.6. The quantitative estimate of drug-likeness (QED) is 0.187. The number of aryl methyl sites for hydroxylation is 1. The maximum atomic E-state index is 13.4. The number of halogens is 4. The van der Waals surface area contributed by atoms with Crippen LogP contribution in [-0.4, -0.2) is 29.1 Å². The summed E-state index contributed by atoms with van der Waals surface area (Å²) in [7, 11) is 0. The lowest BCUT2D eigenvalue weighted by Crippen LogP contribution is -2.33. The van der Waals surface area contributed by atoms with Crippen molar-refractivity contribution in [2.45, 2.75) is 44.2 Å². The van der Waals surface area contributed by atoms with E-state index < -0.39 is 11.7 Å². The molecule has 0 aliphatic carbocycles. The van der Waals surface area contributed by atoms with Gasteiger partial charge in [-0.1, -0.05) is 36.4 Å². The summed E-state index contributed by atoms with van der Waals surface area (Å²) in [6.07, 6.45) is 2.77. The highest BCUT2D eigenvalue weighted by molar-refractivity contribution is 5.85. The Morgan fingerprint density at radius 2 is 1.58 bits per heavy atom. The molecule has 0 amide bonds. The van der Waals surface area contributed by atoms with Crippen molar-refractivity contribution in [3.63, 3.8) is 0 Å². The highest BCUT2D eigenvalue weighted by Crippen LogP contribution is 2.34. The molecule has 3 aromatic carbocycles. The first-order valence-corrected chi connectivity index (χ1v) is 12.6. The van der Waals surface area contributed by atoms with Crippen LogP contribution in [0, 0.1) is 5.82 Å². The van der Waals surface area contributed by atoms with E-state index in [-0.39, 0.29) is 11.7 Å². The van der Waals surface area contributed by atoms with Crippen molar-refractivity contribution in [2.24, 2.45) is 0 Å². The molecule has 1 saturated heterocycles. The minimum atomic E-state index is -4.29.